The quantitative estimate of drug-likeness (QED) is 0.749. The second-order valence-corrected chi connectivity index (χ2v) is 7.16. The number of nitrogens with two attached hydrogens (primary N) is 1. The number of halogens is 1. The summed E-state index contributed by atoms with van der Waals surface area (Å²) in [5.74, 6) is 1.55. The van der Waals surface area contributed by atoms with E-state index in [0.717, 1.165) is 35.5 Å². The van der Waals surface area contributed by atoms with Crippen LogP contribution in [0.25, 0.3) is 0 Å². The van der Waals surface area contributed by atoms with Crippen LogP contribution in [0.3, 0.4) is 0 Å². The lowest BCUT2D eigenvalue weighted by Gasteiger charge is -2.38. The van der Waals surface area contributed by atoms with Crippen LogP contribution in [0.4, 0.5) is 5.69 Å². The molecule has 150 valence electrons. The lowest BCUT2D eigenvalue weighted by atomic mass is 9.74. The molecule has 7 heteroatoms. The summed E-state index contributed by atoms with van der Waals surface area (Å²) in [6, 6.07) is 13.5. The van der Waals surface area contributed by atoms with Crippen molar-refractivity contribution in [3.05, 3.63) is 53.6 Å². The number of benzene rings is 2. The number of nitrogen functional groups attached to an aromatic ring is 1. The normalized spacial score (nSPS) is 16.9. The first-order valence-electron chi connectivity index (χ1n) is 9.24. The van der Waals surface area contributed by atoms with E-state index < -0.39 is 0 Å². The molecule has 0 aliphatic carbocycles. The maximum Gasteiger partial charge on any atom is 0.231 e. The Labute approximate surface area is 170 Å². The molecule has 0 unspecified atom stereocenters. The molecule has 2 aliphatic rings. The average molecular weight is 405 g/mol. The molecule has 0 atom stereocenters. The number of ether oxygens (including phenoxy) is 3. The number of hydrogen-bond acceptors (Lipinski definition) is 5. The fourth-order valence-corrected chi connectivity index (χ4v) is 3.71. The summed E-state index contributed by atoms with van der Waals surface area (Å²) in [4.78, 5) is 12.5. The van der Waals surface area contributed by atoms with Crippen LogP contribution in [0.15, 0.2) is 42.5 Å². The van der Waals surface area contributed by atoms with Gasteiger partial charge in [-0.2, -0.15) is 0 Å². The van der Waals surface area contributed by atoms with Crippen molar-refractivity contribution in [3.8, 4) is 11.5 Å². The lowest BCUT2D eigenvalue weighted by molar-refractivity contribution is -0.120. The molecule has 1 amide bonds. The average Bonchev–Trinajstić information content (AvgIpc) is 3.17. The van der Waals surface area contributed by atoms with Crippen molar-refractivity contribution < 1.29 is 19.0 Å². The maximum atomic E-state index is 12.5. The second-order valence-electron chi connectivity index (χ2n) is 7.16. The summed E-state index contributed by atoms with van der Waals surface area (Å²) >= 11 is 0. The van der Waals surface area contributed by atoms with Gasteiger partial charge >= 0.3 is 0 Å². The van der Waals surface area contributed by atoms with E-state index in [1.807, 2.05) is 36.4 Å². The van der Waals surface area contributed by atoms with Gasteiger partial charge < -0.3 is 25.3 Å². The van der Waals surface area contributed by atoms with Crippen LogP contribution in [0.2, 0.25) is 0 Å². The molecule has 3 N–H and O–H groups in total. The number of hydrogen-bond donors (Lipinski definition) is 2. The summed E-state index contributed by atoms with van der Waals surface area (Å²) in [7, 11) is 0. The Morgan fingerprint density at radius 3 is 2.50 bits per heavy atom. The van der Waals surface area contributed by atoms with Gasteiger partial charge in [0, 0.05) is 30.9 Å². The molecule has 0 bridgehead atoms. The smallest absolute Gasteiger partial charge is 0.231 e. The molecule has 28 heavy (non-hydrogen) atoms. The van der Waals surface area contributed by atoms with Crippen LogP contribution in [-0.4, -0.2) is 32.5 Å². The minimum Gasteiger partial charge on any atom is -0.454 e. The third kappa shape index (κ3) is 4.34. The van der Waals surface area contributed by atoms with Gasteiger partial charge in [-0.25, -0.2) is 0 Å². The number of fused-ring (bicyclic) bond motifs is 1. The first kappa shape index (κ1) is 20.3. The van der Waals surface area contributed by atoms with Crippen LogP contribution in [0, 0.1) is 0 Å². The Kier molecular flexibility index (Phi) is 6.31. The molecule has 6 nitrogen and oxygen atoms in total. The Morgan fingerprint density at radius 1 is 1.04 bits per heavy atom. The van der Waals surface area contributed by atoms with Gasteiger partial charge in [0.2, 0.25) is 12.7 Å². The van der Waals surface area contributed by atoms with Gasteiger partial charge in [-0.15, -0.1) is 12.4 Å². The second kappa shape index (κ2) is 8.71. The minimum absolute atomic E-state index is 0. The van der Waals surface area contributed by atoms with Crippen molar-refractivity contribution >= 4 is 24.0 Å². The molecule has 1 saturated heterocycles. The molecule has 2 aromatic carbocycles. The van der Waals surface area contributed by atoms with Crippen molar-refractivity contribution in [2.45, 2.75) is 24.7 Å². The first-order valence-corrected chi connectivity index (χ1v) is 9.24. The molecule has 4 rings (SSSR count). The Bertz CT molecular complexity index is 820. The van der Waals surface area contributed by atoms with E-state index in [9.17, 15) is 4.79 Å². The minimum atomic E-state index is -0.157. The summed E-state index contributed by atoms with van der Waals surface area (Å²) < 4.78 is 16.5. The Balaban J connectivity index is 0.00000225. The van der Waals surface area contributed by atoms with E-state index in [1.165, 1.54) is 0 Å². The van der Waals surface area contributed by atoms with Crippen LogP contribution in [-0.2, 0) is 21.4 Å². The number of rotatable bonds is 5. The van der Waals surface area contributed by atoms with E-state index in [4.69, 9.17) is 19.9 Å². The zero-order valence-electron chi connectivity index (χ0n) is 15.6. The molecule has 0 spiro atoms. The van der Waals surface area contributed by atoms with Crippen molar-refractivity contribution in [3.63, 3.8) is 0 Å². The lowest BCUT2D eigenvalue weighted by Crippen LogP contribution is -2.45. The highest BCUT2D eigenvalue weighted by Crippen LogP contribution is 2.40. The fraction of sp³-hybridized carbons (Fsp3) is 0.381. The topological polar surface area (TPSA) is 82.8 Å². The molecule has 2 aliphatic heterocycles. The van der Waals surface area contributed by atoms with Crippen molar-refractivity contribution in [2.24, 2.45) is 0 Å². The summed E-state index contributed by atoms with van der Waals surface area (Å²) in [5, 5.41) is 3.12. The fourth-order valence-electron chi connectivity index (χ4n) is 3.71. The van der Waals surface area contributed by atoms with E-state index >= 15 is 0 Å². The SMILES string of the molecule is Cl.Nc1ccc(CC(=O)NCC2(c3ccc4c(c3)OCO4)CCOCC2)cc1. The summed E-state index contributed by atoms with van der Waals surface area (Å²) in [5.41, 5.74) is 8.35. The first-order chi connectivity index (χ1) is 13.1. The zero-order valence-corrected chi connectivity index (χ0v) is 16.4. The summed E-state index contributed by atoms with van der Waals surface area (Å²) in [6.07, 6.45) is 2.05. The number of nitrogens with one attached hydrogen (secondary N) is 1. The highest BCUT2D eigenvalue weighted by molar-refractivity contribution is 5.85. The van der Waals surface area contributed by atoms with E-state index in [-0.39, 0.29) is 30.5 Å². The number of anilines is 1. The third-order valence-electron chi connectivity index (χ3n) is 5.40. The summed E-state index contributed by atoms with van der Waals surface area (Å²) in [6.45, 7) is 2.20. The number of amides is 1. The predicted molar refractivity (Wildman–Crippen MR) is 109 cm³/mol. The van der Waals surface area contributed by atoms with Gasteiger partial charge in [-0.3, -0.25) is 4.79 Å². The largest absolute Gasteiger partial charge is 0.454 e. The van der Waals surface area contributed by atoms with E-state index in [2.05, 4.69) is 11.4 Å². The van der Waals surface area contributed by atoms with E-state index in [1.54, 1.807) is 0 Å². The Morgan fingerprint density at radius 2 is 1.75 bits per heavy atom. The standard InChI is InChI=1S/C21H24N2O4.ClH/c22-17-4-1-15(2-5-17)11-20(24)23-13-21(7-9-25-10-8-21)16-3-6-18-19(12-16)27-14-26-18;/h1-6,12H,7-11,13-14,22H2,(H,23,24);1H. The number of carbonyl (C=O) groups excluding carboxylic acids is 1. The molecular formula is C21H25ClN2O4. The van der Waals surface area contributed by atoms with Gasteiger partial charge in [0.1, 0.15) is 0 Å². The van der Waals surface area contributed by atoms with Gasteiger partial charge in [0.15, 0.2) is 11.5 Å². The molecule has 0 radical (unpaired) electrons. The van der Waals surface area contributed by atoms with Crippen molar-refractivity contribution in [1.82, 2.24) is 5.32 Å². The van der Waals surface area contributed by atoms with Crippen LogP contribution >= 0.6 is 12.4 Å². The number of carbonyl (C=O) groups is 1. The molecule has 0 saturated carbocycles. The molecule has 2 aromatic rings. The Hall–Kier alpha value is -2.44. The molecule has 2 heterocycles. The highest BCUT2D eigenvalue weighted by Gasteiger charge is 2.36. The third-order valence-corrected chi connectivity index (χ3v) is 5.40. The highest BCUT2D eigenvalue weighted by atomic mass is 35.5. The van der Waals surface area contributed by atoms with Crippen molar-refractivity contribution in [2.75, 3.05) is 32.3 Å². The molecular weight excluding hydrogens is 380 g/mol. The van der Waals surface area contributed by atoms with Gasteiger partial charge in [-0.05, 0) is 48.2 Å². The van der Waals surface area contributed by atoms with Gasteiger partial charge in [0.05, 0.1) is 6.42 Å². The van der Waals surface area contributed by atoms with Crippen LogP contribution in [0.1, 0.15) is 24.0 Å². The zero-order chi connectivity index (χ0) is 18.7. The monoisotopic (exact) mass is 404 g/mol. The molecule has 1 fully saturated rings. The predicted octanol–water partition coefficient (Wildman–Crippen LogP) is 2.83. The van der Waals surface area contributed by atoms with E-state index in [0.29, 0.717) is 31.9 Å². The van der Waals surface area contributed by atoms with Crippen LogP contribution < -0.4 is 20.5 Å². The van der Waals surface area contributed by atoms with Crippen molar-refractivity contribution in [1.29, 1.82) is 0 Å². The molecule has 0 aromatic heterocycles. The van der Waals surface area contributed by atoms with Gasteiger partial charge in [-0.1, -0.05) is 18.2 Å². The van der Waals surface area contributed by atoms with Gasteiger partial charge in [0.25, 0.3) is 0 Å². The van der Waals surface area contributed by atoms with Crippen LogP contribution in [0.5, 0.6) is 11.5 Å². The maximum absolute atomic E-state index is 12.5.